The van der Waals surface area contributed by atoms with Gasteiger partial charge in [0.25, 0.3) is 11.8 Å². The van der Waals surface area contributed by atoms with E-state index < -0.39 is 11.8 Å². The van der Waals surface area contributed by atoms with Crippen LogP contribution >= 0.6 is 45.9 Å². The second-order valence-electron chi connectivity index (χ2n) is 6.99. The first kappa shape index (κ1) is 23.8. The summed E-state index contributed by atoms with van der Waals surface area (Å²) in [4.78, 5) is 34.1. The summed E-state index contributed by atoms with van der Waals surface area (Å²) in [6.07, 6.45) is 0. The summed E-state index contributed by atoms with van der Waals surface area (Å²) in [5.41, 5.74) is 1.92. The van der Waals surface area contributed by atoms with Gasteiger partial charge in [0.15, 0.2) is 9.60 Å². The monoisotopic (exact) mass is 522 g/mol. The molecule has 7 nitrogen and oxygen atoms in total. The van der Waals surface area contributed by atoms with Gasteiger partial charge in [-0.15, -0.1) is 0 Å². The van der Waals surface area contributed by atoms with Gasteiger partial charge in [0.1, 0.15) is 13.2 Å². The molecule has 0 aliphatic carbocycles. The molecule has 0 atom stereocenters. The Morgan fingerprint density at radius 1 is 0.818 bits per heavy atom. The van der Waals surface area contributed by atoms with Gasteiger partial charge in [-0.1, -0.05) is 45.9 Å². The Morgan fingerprint density at radius 3 is 1.64 bits per heavy atom. The molecule has 0 aliphatic heterocycles. The van der Waals surface area contributed by atoms with E-state index in [-0.39, 0.29) is 13.2 Å². The third-order valence-corrected chi connectivity index (χ3v) is 7.37. The van der Waals surface area contributed by atoms with Crippen LogP contribution in [-0.4, -0.2) is 34.2 Å². The minimum Gasteiger partial charge on any atom is -0.362 e. The molecule has 33 heavy (non-hydrogen) atoms. The Labute approximate surface area is 207 Å². The number of halogens is 2. The normalized spacial score (nSPS) is 12.8. The van der Waals surface area contributed by atoms with Gasteiger partial charge < -0.3 is 13.9 Å². The molecular weight excluding hydrogens is 503 g/mol. The van der Waals surface area contributed by atoms with Crippen molar-refractivity contribution in [2.75, 3.05) is 13.2 Å². The number of aryl methyl sites for hydroxylation is 2. The Morgan fingerprint density at radius 2 is 1.24 bits per heavy atom. The van der Waals surface area contributed by atoms with E-state index in [9.17, 15) is 9.59 Å². The maximum absolute atomic E-state index is 12.3. The van der Waals surface area contributed by atoms with Gasteiger partial charge in [-0.25, -0.2) is 0 Å². The molecule has 0 bridgehead atoms. The first-order chi connectivity index (χ1) is 15.9. The zero-order valence-electron chi connectivity index (χ0n) is 17.9. The van der Waals surface area contributed by atoms with Gasteiger partial charge in [0, 0.05) is 23.1 Å². The molecule has 0 saturated carbocycles. The van der Waals surface area contributed by atoms with Crippen molar-refractivity contribution in [3.63, 3.8) is 0 Å². The van der Waals surface area contributed by atoms with Crippen LogP contribution in [0.1, 0.15) is 13.8 Å². The maximum atomic E-state index is 12.3. The highest BCUT2D eigenvalue weighted by Crippen LogP contribution is 2.22. The highest BCUT2D eigenvalue weighted by Gasteiger charge is 2.10. The first-order valence-corrected chi connectivity index (χ1v) is 12.6. The molecule has 0 saturated heterocycles. The second kappa shape index (κ2) is 10.3. The van der Waals surface area contributed by atoms with Gasteiger partial charge in [0.05, 0.1) is 20.4 Å². The number of hydrogen-bond acceptors (Lipinski definition) is 5. The van der Waals surface area contributed by atoms with Gasteiger partial charge in [-0.2, -0.15) is 9.98 Å². The smallest absolute Gasteiger partial charge is 0.274 e. The van der Waals surface area contributed by atoms with E-state index in [0.29, 0.717) is 32.7 Å². The molecule has 0 aliphatic rings. The summed E-state index contributed by atoms with van der Waals surface area (Å²) < 4.78 is 11.1. The summed E-state index contributed by atoms with van der Waals surface area (Å²) in [7, 11) is 0. The molecule has 0 unspecified atom stereocenters. The number of thiazole rings is 2. The molecular formula is C22H20Cl2N4O3S2. The van der Waals surface area contributed by atoms with Crippen molar-refractivity contribution >= 4 is 78.1 Å². The van der Waals surface area contributed by atoms with E-state index in [1.807, 2.05) is 47.2 Å². The van der Waals surface area contributed by atoms with Gasteiger partial charge in [-0.05, 0) is 50.2 Å². The SMILES string of the molecule is CCn1c(=NC(=O)COCC(=O)N=c2sc3cc(Cl)ccc3n2CC)sc2cc(Cl)ccc21. The van der Waals surface area contributed by atoms with Gasteiger partial charge in [-0.3, -0.25) is 9.59 Å². The maximum Gasteiger partial charge on any atom is 0.274 e. The average molecular weight is 523 g/mol. The van der Waals surface area contributed by atoms with Crippen LogP contribution in [0.2, 0.25) is 10.0 Å². The number of carbonyl (C=O) groups excluding carboxylic acids is 2. The number of carbonyl (C=O) groups is 2. The van der Waals surface area contributed by atoms with Crippen molar-refractivity contribution in [2.24, 2.45) is 9.98 Å². The molecule has 0 fully saturated rings. The van der Waals surface area contributed by atoms with E-state index in [2.05, 4.69) is 9.98 Å². The molecule has 2 aromatic carbocycles. The largest absolute Gasteiger partial charge is 0.362 e. The lowest BCUT2D eigenvalue weighted by Gasteiger charge is -2.01. The van der Waals surface area contributed by atoms with Crippen molar-refractivity contribution in [3.05, 3.63) is 56.0 Å². The van der Waals surface area contributed by atoms with Crippen molar-refractivity contribution < 1.29 is 14.3 Å². The molecule has 0 radical (unpaired) electrons. The van der Waals surface area contributed by atoms with E-state index in [0.717, 1.165) is 20.4 Å². The summed E-state index contributed by atoms with van der Waals surface area (Å²) in [5.74, 6) is -0.939. The lowest BCUT2D eigenvalue weighted by atomic mass is 10.3. The number of nitrogens with zero attached hydrogens (tertiary/aromatic N) is 4. The Hall–Kier alpha value is -2.30. The van der Waals surface area contributed by atoms with Crippen LogP contribution in [0.4, 0.5) is 0 Å². The molecule has 2 aromatic heterocycles. The average Bonchev–Trinajstić information content (AvgIpc) is 3.28. The minimum absolute atomic E-state index is 0.310. The first-order valence-electron chi connectivity index (χ1n) is 10.2. The van der Waals surface area contributed by atoms with E-state index in [4.69, 9.17) is 27.9 Å². The Balaban J connectivity index is 1.46. The number of fused-ring (bicyclic) bond motifs is 2. The number of aromatic nitrogens is 2. The van der Waals surface area contributed by atoms with Crippen molar-refractivity contribution in [1.82, 2.24) is 9.13 Å². The Kier molecular flexibility index (Phi) is 7.45. The molecule has 4 rings (SSSR count). The standard InChI is InChI=1S/C22H20Cl2N4O3S2/c1-3-27-15-7-5-13(23)9-17(15)32-21(27)25-19(29)11-31-12-20(30)26-22-28(4-2)16-8-6-14(24)10-18(16)33-22/h5-10H,3-4,11-12H2,1-2H3. The zero-order valence-corrected chi connectivity index (χ0v) is 21.0. The van der Waals surface area contributed by atoms with Gasteiger partial charge >= 0.3 is 0 Å². The third kappa shape index (κ3) is 5.28. The predicted octanol–water partition coefficient (Wildman–Crippen LogP) is 4.64. The number of benzene rings is 2. The number of ether oxygens (including phenoxy) is 1. The number of amides is 2. The van der Waals surface area contributed by atoms with Crippen LogP contribution in [0.3, 0.4) is 0 Å². The highest BCUT2D eigenvalue weighted by molar-refractivity contribution is 7.16. The second-order valence-corrected chi connectivity index (χ2v) is 9.88. The third-order valence-electron chi connectivity index (χ3n) is 4.81. The Bertz CT molecular complexity index is 1390. The summed E-state index contributed by atoms with van der Waals surface area (Å²) >= 11 is 14.9. The van der Waals surface area contributed by atoms with Crippen LogP contribution in [0, 0.1) is 0 Å². The van der Waals surface area contributed by atoms with Crippen LogP contribution in [0.25, 0.3) is 20.4 Å². The van der Waals surface area contributed by atoms with Crippen LogP contribution in [0.15, 0.2) is 46.4 Å². The lowest BCUT2D eigenvalue weighted by Crippen LogP contribution is -2.20. The fourth-order valence-electron chi connectivity index (χ4n) is 3.38. The summed E-state index contributed by atoms with van der Waals surface area (Å²) in [6, 6.07) is 11.1. The zero-order chi connectivity index (χ0) is 23.5. The van der Waals surface area contributed by atoms with Crippen LogP contribution < -0.4 is 9.60 Å². The van der Waals surface area contributed by atoms with Crippen molar-refractivity contribution in [3.8, 4) is 0 Å². The number of hydrogen-bond donors (Lipinski definition) is 0. The lowest BCUT2D eigenvalue weighted by molar-refractivity contribution is -0.127. The molecule has 11 heteroatoms. The minimum atomic E-state index is -0.470. The number of rotatable bonds is 6. The van der Waals surface area contributed by atoms with Crippen molar-refractivity contribution in [2.45, 2.75) is 26.9 Å². The van der Waals surface area contributed by atoms with E-state index in [1.54, 1.807) is 12.1 Å². The predicted molar refractivity (Wildman–Crippen MR) is 133 cm³/mol. The quantitative estimate of drug-likeness (QED) is 0.370. The molecule has 172 valence electrons. The van der Waals surface area contributed by atoms with E-state index in [1.165, 1.54) is 22.7 Å². The van der Waals surface area contributed by atoms with Crippen molar-refractivity contribution in [1.29, 1.82) is 0 Å². The molecule has 0 N–H and O–H groups in total. The van der Waals surface area contributed by atoms with Gasteiger partial charge in [0.2, 0.25) is 0 Å². The summed E-state index contributed by atoms with van der Waals surface area (Å²) in [5, 5.41) is 1.25. The topological polar surface area (TPSA) is 78.0 Å². The van der Waals surface area contributed by atoms with Crippen LogP contribution in [-0.2, 0) is 27.4 Å². The fraction of sp³-hybridized carbons (Fsp3) is 0.273. The van der Waals surface area contributed by atoms with E-state index >= 15 is 0 Å². The summed E-state index contributed by atoms with van der Waals surface area (Å²) in [6.45, 7) is 4.65. The molecule has 0 spiro atoms. The highest BCUT2D eigenvalue weighted by atomic mass is 35.5. The molecule has 2 heterocycles. The fourth-order valence-corrected chi connectivity index (χ4v) is 6.15. The molecule has 4 aromatic rings. The molecule has 2 amide bonds. The van der Waals surface area contributed by atoms with Crippen LogP contribution in [0.5, 0.6) is 0 Å².